The highest BCUT2D eigenvalue weighted by molar-refractivity contribution is 6.34. The first-order valence-corrected chi connectivity index (χ1v) is 7.66. The summed E-state index contributed by atoms with van der Waals surface area (Å²) in [6.45, 7) is 2.62. The summed E-state index contributed by atoms with van der Waals surface area (Å²) in [6, 6.07) is 9.00. The molecule has 1 atom stereocenters. The van der Waals surface area contributed by atoms with Crippen molar-refractivity contribution in [1.82, 2.24) is 20.0 Å². The summed E-state index contributed by atoms with van der Waals surface area (Å²) in [4.78, 5) is 25.7. The SMILES string of the molecule is COc1ccccc1CN(C)C(=O)C(=O)NC(C)Cn1cccn1. The zero-order chi connectivity index (χ0) is 17.5. The van der Waals surface area contributed by atoms with Crippen LogP contribution in [0.2, 0.25) is 0 Å². The number of nitrogens with one attached hydrogen (secondary N) is 1. The number of hydrogen-bond donors (Lipinski definition) is 1. The van der Waals surface area contributed by atoms with E-state index < -0.39 is 11.8 Å². The fraction of sp³-hybridized carbons (Fsp3) is 0.353. The van der Waals surface area contributed by atoms with Gasteiger partial charge in [0.2, 0.25) is 0 Å². The lowest BCUT2D eigenvalue weighted by atomic mass is 10.2. The minimum Gasteiger partial charge on any atom is -0.496 e. The minimum atomic E-state index is -0.632. The van der Waals surface area contributed by atoms with E-state index in [1.54, 1.807) is 37.3 Å². The predicted molar refractivity (Wildman–Crippen MR) is 89.3 cm³/mol. The molecule has 1 aromatic heterocycles. The maximum absolute atomic E-state index is 12.2. The van der Waals surface area contributed by atoms with Gasteiger partial charge in [0, 0.05) is 37.6 Å². The molecule has 7 nitrogen and oxygen atoms in total. The molecule has 2 rings (SSSR count). The number of nitrogens with zero attached hydrogens (tertiary/aromatic N) is 3. The summed E-state index contributed by atoms with van der Waals surface area (Å²) >= 11 is 0. The lowest BCUT2D eigenvalue weighted by Crippen LogP contribution is -2.45. The third kappa shape index (κ3) is 4.58. The van der Waals surface area contributed by atoms with Crippen molar-refractivity contribution in [1.29, 1.82) is 0 Å². The first-order valence-electron chi connectivity index (χ1n) is 7.66. The molecule has 0 aliphatic heterocycles. The number of para-hydroxylation sites is 1. The molecular formula is C17H22N4O3. The van der Waals surface area contributed by atoms with Crippen LogP contribution in [0.4, 0.5) is 0 Å². The van der Waals surface area contributed by atoms with Crippen LogP contribution in [0.15, 0.2) is 42.7 Å². The Bertz CT molecular complexity index is 685. The predicted octanol–water partition coefficient (Wildman–Crippen LogP) is 1.05. The van der Waals surface area contributed by atoms with Crippen LogP contribution in [0.25, 0.3) is 0 Å². The molecule has 0 saturated heterocycles. The highest BCUT2D eigenvalue weighted by Crippen LogP contribution is 2.18. The Hall–Kier alpha value is -2.83. The highest BCUT2D eigenvalue weighted by Gasteiger charge is 2.21. The molecule has 1 heterocycles. The summed E-state index contributed by atoms with van der Waals surface area (Å²) < 4.78 is 6.96. The first-order chi connectivity index (χ1) is 11.5. The molecule has 2 aromatic rings. The van der Waals surface area contributed by atoms with Gasteiger partial charge in [0.15, 0.2) is 0 Å². The largest absolute Gasteiger partial charge is 0.496 e. The molecule has 7 heteroatoms. The molecule has 0 aliphatic rings. The number of aromatic nitrogens is 2. The van der Waals surface area contributed by atoms with Gasteiger partial charge in [-0.3, -0.25) is 14.3 Å². The second-order valence-electron chi connectivity index (χ2n) is 5.58. The summed E-state index contributed by atoms with van der Waals surface area (Å²) in [5.41, 5.74) is 0.841. The molecule has 0 fully saturated rings. The Morgan fingerprint density at radius 1 is 1.33 bits per heavy atom. The van der Waals surface area contributed by atoms with Crippen molar-refractivity contribution in [2.75, 3.05) is 14.2 Å². The van der Waals surface area contributed by atoms with Gasteiger partial charge in [0.1, 0.15) is 5.75 Å². The van der Waals surface area contributed by atoms with E-state index in [4.69, 9.17) is 4.74 Å². The average Bonchev–Trinajstić information content (AvgIpc) is 3.07. The van der Waals surface area contributed by atoms with Crippen LogP contribution in [0.5, 0.6) is 5.75 Å². The van der Waals surface area contributed by atoms with Crippen molar-refractivity contribution < 1.29 is 14.3 Å². The molecule has 0 radical (unpaired) electrons. The molecule has 2 amide bonds. The van der Waals surface area contributed by atoms with Gasteiger partial charge in [-0.1, -0.05) is 18.2 Å². The topological polar surface area (TPSA) is 76.5 Å². The van der Waals surface area contributed by atoms with E-state index in [0.29, 0.717) is 18.8 Å². The Morgan fingerprint density at radius 2 is 2.08 bits per heavy atom. The van der Waals surface area contributed by atoms with Crippen LogP contribution in [-0.4, -0.2) is 46.7 Å². The summed E-state index contributed by atoms with van der Waals surface area (Å²) in [5.74, 6) is -0.537. The van der Waals surface area contributed by atoms with Crippen molar-refractivity contribution in [2.45, 2.75) is 26.1 Å². The second-order valence-corrected chi connectivity index (χ2v) is 5.58. The van der Waals surface area contributed by atoms with E-state index in [1.807, 2.05) is 31.2 Å². The van der Waals surface area contributed by atoms with Crippen molar-refractivity contribution in [3.05, 3.63) is 48.3 Å². The number of amides is 2. The molecule has 0 bridgehead atoms. The van der Waals surface area contributed by atoms with E-state index in [-0.39, 0.29) is 6.04 Å². The Kier molecular flexibility index (Phi) is 5.95. The van der Waals surface area contributed by atoms with E-state index in [9.17, 15) is 9.59 Å². The van der Waals surface area contributed by atoms with Gasteiger partial charge in [-0.2, -0.15) is 5.10 Å². The third-order valence-corrected chi connectivity index (χ3v) is 3.54. The Morgan fingerprint density at radius 3 is 2.75 bits per heavy atom. The molecule has 128 valence electrons. The molecule has 0 saturated carbocycles. The van der Waals surface area contributed by atoms with Crippen LogP contribution >= 0.6 is 0 Å². The van der Waals surface area contributed by atoms with Crippen molar-refractivity contribution in [3.63, 3.8) is 0 Å². The zero-order valence-corrected chi connectivity index (χ0v) is 14.1. The maximum atomic E-state index is 12.2. The maximum Gasteiger partial charge on any atom is 0.311 e. The molecule has 1 unspecified atom stereocenters. The number of rotatable bonds is 6. The number of hydrogen-bond acceptors (Lipinski definition) is 4. The van der Waals surface area contributed by atoms with Gasteiger partial charge in [-0.15, -0.1) is 0 Å². The molecule has 0 aliphatic carbocycles. The summed E-state index contributed by atoms with van der Waals surface area (Å²) in [5, 5.41) is 6.77. The summed E-state index contributed by atoms with van der Waals surface area (Å²) in [6.07, 6.45) is 3.47. The fourth-order valence-corrected chi connectivity index (χ4v) is 2.35. The van der Waals surface area contributed by atoms with Gasteiger partial charge in [0.25, 0.3) is 0 Å². The standard InChI is InChI=1S/C17H22N4O3/c1-13(11-21-10-6-9-18-21)19-16(22)17(23)20(2)12-14-7-4-5-8-15(14)24-3/h4-10,13H,11-12H2,1-3H3,(H,19,22). The second kappa shape index (κ2) is 8.14. The van der Waals surface area contributed by atoms with Crippen LogP contribution in [0, 0.1) is 0 Å². The molecule has 1 aromatic carbocycles. The lowest BCUT2D eigenvalue weighted by molar-refractivity contribution is -0.145. The number of carbonyl (C=O) groups is 2. The van der Waals surface area contributed by atoms with Crippen LogP contribution < -0.4 is 10.1 Å². The Balaban J connectivity index is 1.90. The van der Waals surface area contributed by atoms with E-state index in [2.05, 4.69) is 10.4 Å². The quantitative estimate of drug-likeness (QED) is 0.804. The monoisotopic (exact) mass is 330 g/mol. The van der Waals surface area contributed by atoms with E-state index >= 15 is 0 Å². The Labute approximate surface area is 141 Å². The van der Waals surface area contributed by atoms with Crippen LogP contribution in [-0.2, 0) is 22.7 Å². The normalized spacial score (nSPS) is 11.6. The highest BCUT2D eigenvalue weighted by atomic mass is 16.5. The number of carbonyl (C=O) groups excluding carboxylic acids is 2. The van der Waals surface area contributed by atoms with Gasteiger partial charge < -0.3 is 15.0 Å². The third-order valence-electron chi connectivity index (χ3n) is 3.54. The summed E-state index contributed by atoms with van der Waals surface area (Å²) in [7, 11) is 3.16. The number of methoxy groups -OCH3 is 1. The van der Waals surface area contributed by atoms with Gasteiger partial charge in [-0.05, 0) is 19.1 Å². The van der Waals surface area contributed by atoms with Gasteiger partial charge >= 0.3 is 11.8 Å². The number of ether oxygens (including phenoxy) is 1. The van der Waals surface area contributed by atoms with E-state index in [0.717, 1.165) is 5.56 Å². The molecular weight excluding hydrogens is 308 g/mol. The fourth-order valence-electron chi connectivity index (χ4n) is 2.35. The van der Waals surface area contributed by atoms with Crippen LogP contribution in [0.3, 0.4) is 0 Å². The number of likely N-dealkylation sites (N-methyl/N-ethyl adjacent to an activating group) is 1. The lowest BCUT2D eigenvalue weighted by Gasteiger charge is -2.20. The van der Waals surface area contributed by atoms with Crippen molar-refractivity contribution >= 4 is 11.8 Å². The molecule has 0 spiro atoms. The smallest absolute Gasteiger partial charge is 0.311 e. The minimum absolute atomic E-state index is 0.207. The van der Waals surface area contributed by atoms with Gasteiger partial charge in [-0.25, -0.2) is 0 Å². The number of benzene rings is 1. The average molecular weight is 330 g/mol. The van der Waals surface area contributed by atoms with Crippen molar-refractivity contribution in [2.24, 2.45) is 0 Å². The van der Waals surface area contributed by atoms with Gasteiger partial charge in [0.05, 0.1) is 13.7 Å². The van der Waals surface area contributed by atoms with E-state index in [1.165, 1.54) is 4.90 Å². The van der Waals surface area contributed by atoms with Crippen LogP contribution in [0.1, 0.15) is 12.5 Å². The first kappa shape index (κ1) is 17.5. The molecule has 1 N–H and O–H groups in total. The molecule has 24 heavy (non-hydrogen) atoms. The van der Waals surface area contributed by atoms with Crippen molar-refractivity contribution in [3.8, 4) is 5.75 Å². The zero-order valence-electron chi connectivity index (χ0n) is 14.1.